The van der Waals surface area contributed by atoms with Gasteiger partial charge in [0, 0.05) is 13.7 Å². The molecule has 0 saturated carbocycles. The van der Waals surface area contributed by atoms with E-state index in [1.807, 2.05) is 14.0 Å². The maximum Gasteiger partial charge on any atom is 0.0914 e. The molecular formula is C28H58O2. The standard InChI is InChI=1S/C25H52O2.C3H6/c1-6-9-11-13-15-16-18-20-23-27-25(4,22-8-3)24(26-5)21-19-17-14-12-10-7-2;1-3-2/h24H,6-23H2,1-5H3;3H,1H2,2H3. The largest absolute Gasteiger partial charge is 0.378 e. The number of unbranched alkanes of at least 4 members (excludes halogenated alkanes) is 12. The fourth-order valence-corrected chi connectivity index (χ4v) is 4.15. The Kier molecular flexibility index (Phi) is 26.5. The van der Waals surface area contributed by atoms with E-state index in [1.165, 1.54) is 89.9 Å². The van der Waals surface area contributed by atoms with Gasteiger partial charge in [-0.3, -0.25) is 0 Å². The maximum atomic E-state index is 6.44. The minimum Gasteiger partial charge on any atom is -0.378 e. The zero-order chi connectivity index (χ0) is 22.9. The highest BCUT2D eigenvalue weighted by atomic mass is 16.5. The average molecular weight is 427 g/mol. The summed E-state index contributed by atoms with van der Waals surface area (Å²) in [4.78, 5) is 0. The fraction of sp³-hybridized carbons (Fsp3) is 0.929. The van der Waals surface area contributed by atoms with Crippen molar-refractivity contribution in [2.75, 3.05) is 13.7 Å². The molecule has 0 aromatic carbocycles. The summed E-state index contributed by atoms with van der Waals surface area (Å²) in [5, 5.41) is 0. The lowest BCUT2D eigenvalue weighted by Gasteiger charge is -2.37. The van der Waals surface area contributed by atoms with Crippen LogP contribution in [0.25, 0.3) is 0 Å². The summed E-state index contributed by atoms with van der Waals surface area (Å²) in [6, 6.07) is 0. The third-order valence-electron chi connectivity index (χ3n) is 5.96. The van der Waals surface area contributed by atoms with Crippen LogP contribution in [0.1, 0.15) is 144 Å². The predicted molar refractivity (Wildman–Crippen MR) is 137 cm³/mol. The molecule has 30 heavy (non-hydrogen) atoms. The van der Waals surface area contributed by atoms with Crippen LogP contribution >= 0.6 is 0 Å². The smallest absolute Gasteiger partial charge is 0.0914 e. The molecule has 0 aromatic rings. The average Bonchev–Trinajstić information content (AvgIpc) is 2.73. The highest BCUT2D eigenvalue weighted by Crippen LogP contribution is 2.28. The van der Waals surface area contributed by atoms with Gasteiger partial charge >= 0.3 is 0 Å². The van der Waals surface area contributed by atoms with E-state index >= 15 is 0 Å². The van der Waals surface area contributed by atoms with Crippen molar-refractivity contribution in [1.29, 1.82) is 0 Å². The van der Waals surface area contributed by atoms with Crippen molar-refractivity contribution in [3.05, 3.63) is 12.7 Å². The van der Waals surface area contributed by atoms with E-state index < -0.39 is 0 Å². The van der Waals surface area contributed by atoms with Crippen LogP contribution in [0.5, 0.6) is 0 Å². The Bertz CT molecular complexity index is 329. The molecule has 0 spiro atoms. The monoisotopic (exact) mass is 426 g/mol. The van der Waals surface area contributed by atoms with Crippen LogP contribution in [0.2, 0.25) is 0 Å². The van der Waals surface area contributed by atoms with Crippen LogP contribution in [-0.2, 0) is 9.47 Å². The summed E-state index contributed by atoms with van der Waals surface area (Å²) in [6.45, 7) is 15.2. The molecule has 0 heterocycles. The van der Waals surface area contributed by atoms with Crippen LogP contribution in [-0.4, -0.2) is 25.4 Å². The SMILES string of the molecule is C=CC.CCCCCCCCCCOC(C)(CCC)C(CCCCCCCC)OC. The Balaban J connectivity index is 0. The van der Waals surface area contributed by atoms with Gasteiger partial charge < -0.3 is 9.47 Å². The predicted octanol–water partition coefficient (Wildman–Crippen LogP) is 9.66. The molecular weight excluding hydrogens is 368 g/mol. The van der Waals surface area contributed by atoms with E-state index in [4.69, 9.17) is 9.47 Å². The molecule has 0 radical (unpaired) electrons. The second kappa shape index (κ2) is 24.9. The van der Waals surface area contributed by atoms with Gasteiger partial charge in [0.1, 0.15) is 0 Å². The Hall–Kier alpha value is -0.340. The highest BCUT2D eigenvalue weighted by Gasteiger charge is 2.34. The number of rotatable bonds is 21. The second-order valence-electron chi connectivity index (χ2n) is 9.08. The van der Waals surface area contributed by atoms with E-state index in [2.05, 4.69) is 34.3 Å². The lowest BCUT2D eigenvalue weighted by atomic mass is 9.89. The number of hydrogen-bond donors (Lipinski definition) is 0. The number of allylic oxidation sites excluding steroid dienone is 1. The topological polar surface area (TPSA) is 18.5 Å². The molecule has 2 nitrogen and oxygen atoms in total. The summed E-state index contributed by atoms with van der Waals surface area (Å²) >= 11 is 0. The van der Waals surface area contributed by atoms with E-state index in [9.17, 15) is 0 Å². The van der Waals surface area contributed by atoms with Crippen molar-refractivity contribution in [3.8, 4) is 0 Å². The molecule has 0 aliphatic heterocycles. The first kappa shape index (κ1) is 31.8. The van der Waals surface area contributed by atoms with Crippen molar-refractivity contribution in [1.82, 2.24) is 0 Å². The van der Waals surface area contributed by atoms with Crippen LogP contribution in [0.15, 0.2) is 12.7 Å². The third kappa shape index (κ3) is 19.6. The number of methoxy groups -OCH3 is 1. The Morgan fingerprint density at radius 2 is 1.17 bits per heavy atom. The molecule has 2 heteroatoms. The van der Waals surface area contributed by atoms with E-state index in [1.54, 1.807) is 6.08 Å². The minimum absolute atomic E-state index is 0.117. The fourth-order valence-electron chi connectivity index (χ4n) is 4.15. The number of hydrogen-bond acceptors (Lipinski definition) is 2. The van der Waals surface area contributed by atoms with Gasteiger partial charge in [-0.2, -0.15) is 0 Å². The normalized spacial score (nSPS) is 13.9. The maximum absolute atomic E-state index is 6.44. The quantitative estimate of drug-likeness (QED) is 0.134. The summed E-state index contributed by atoms with van der Waals surface area (Å²) in [5.74, 6) is 0. The van der Waals surface area contributed by atoms with Gasteiger partial charge in [-0.15, -0.1) is 6.58 Å². The molecule has 2 atom stereocenters. The minimum atomic E-state index is -0.117. The van der Waals surface area contributed by atoms with E-state index in [0.29, 0.717) is 0 Å². The van der Waals surface area contributed by atoms with Crippen LogP contribution < -0.4 is 0 Å². The van der Waals surface area contributed by atoms with Crippen LogP contribution in [0, 0.1) is 0 Å². The summed E-state index contributed by atoms with van der Waals surface area (Å²) in [7, 11) is 1.87. The van der Waals surface area contributed by atoms with Crippen LogP contribution in [0.4, 0.5) is 0 Å². The zero-order valence-corrected chi connectivity index (χ0v) is 21.9. The van der Waals surface area contributed by atoms with Gasteiger partial charge in [-0.05, 0) is 33.1 Å². The van der Waals surface area contributed by atoms with Gasteiger partial charge in [0.15, 0.2) is 0 Å². The molecule has 0 bridgehead atoms. The molecule has 0 fully saturated rings. The van der Waals surface area contributed by atoms with E-state index in [-0.39, 0.29) is 11.7 Å². The van der Waals surface area contributed by atoms with E-state index in [0.717, 1.165) is 25.9 Å². The van der Waals surface area contributed by atoms with Crippen molar-refractivity contribution < 1.29 is 9.47 Å². The molecule has 0 aromatic heterocycles. The van der Waals surface area contributed by atoms with Crippen LogP contribution in [0.3, 0.4) is 0 Å². The summed E-state index contributed by atoms with van der Waals surface area (Å²) in [6.07, 6.45) is 24.2. The number of ether oxygens (including phenoxy) is 2. The summed E-state index contributed by atoms with van der Waals surface area (Å²) in [5.41, 5.74) is -0.117. The Labute approximate surface area is 191 Å². The molecule has 0 aliphatic carbocycles. The first-order valence-electron chi connectivity index (χ1n) is 13.3. The third-order valence-corrected chi connectivity index (χ3v) is 5.96. The van der Waals surface area contributed by atoms with Gasteiger partial charge in [0.25, 0.3) is 0 Å². The zero-order valence-electron chi connectivity index (χ0n) is 21.9. The highest BCUT2D eigenvalue weighted by molar-refractivity contribution is 4.85. The van der Waals surface area contributed by atoms with Crippen molar-refractivity contribution in [2.24, 2.45) is 0 Å². The lowest BCUT2D eigenvalue weighted by Crippen LogP contribution is -2.43. The lowest BCUT2D eigenvalue weighted by molar-refractivity contribution is -0.133. The molecule has 0 aliphatic rings. The van der Waals surface area contributed by atoms with Gasteiger partial charge in [0.05, 0.1) is 11.7 Å². The first-order chi connectivity index (χ1) is 14.6. The van der Waals surface area contributed by atoms with Crippen molar-refractivity contribution >= 4 is 0 Å². The Morgan fingerprint density at radius 1 is 0.733 bits per heavy atom. The first-order valence-corrected chi connectivity index (χ1v) is 13.3. The molecule has 0 amide bonds. The molecule has 0 rings (SSSR count). The van der Waals surface area contributed by atoms with Gasteiger partial charge in [0.2, 0.25) is 0 Å². The molecule has 0 N–H and O–H groups in total. The Morgan fingerprint density at radius 3 is 1.60 bits per heavy atom. The molecule has 2 unspecified atom stereocenters. The second-order valence-corrected chi connectivity index (χ2v) is 9.08. The van der Waals surface area contributed by atoms with Crippen molar-refractivity contribution in [2.45, 2.75) is 155 Å². The molecule has 0 saturated heterocycles. The van der Waals surface area contributed by atoms with Gasteiger partial charge in [-0.1, -0.05) is 117 Å². The molecule has 182 valence electrons. The van der Waals surface area contributed by atoms with Gasteiger partial charge in [-0.25, -0.2) is 0 Å². The van der Waals surface area contributed by atoms with Crippen molar-refractivity contribution in [3.63, 3.8) is 0 Å². The summed E-state index contributed by atoms with van der Waals surface area (Å²) < 4.78 is 12.3.